The molecule has 12 nitrogen and oxygen atoms in total. The van der Waals surface area contributed by atoms with Crippen molar-refractivity contribution in [1.82, 2.24) is 26.6 Å². The van der Waals surface area contributed by atoms with Crippen LogP contribution in [0.4, 0.5) is 0 Å². The average Bonchev–Trinajstić information content (AvgIpc) is 3.51. The van der Waals surface area contributed by atoms with Crippen molar-refractivity contribution in [2.75, 3.05) is 20.3 Å². The number of carbonyl (C=O) groups excluding carboxylic acids is 5. The fraction of sp³-hybridized carbons (Fsp3) is 0.500. The van der Waals surface area contributed by atoms with Crippen LogP contribution in [0.1, 0.15) is 68.8 Å². The Morgan fingerprint density at radius 3 is 2.37 bits per heavy atom. The zero-order chi connectivity index (χ0) is 33.3. The number of methoxy groups -OCH3 is 1. The lowest BCUT2D eigenvalue weighted by Gasteiger charge is -2.33. The van der Waals surface area contributed by atoms with Gasteiger partial charge in [-0.15, -0.1) is 0 Å². The zero-order valence-corrected chi connectivity index (χ0v) is 26.9. The summed E-state index contributed by atoms with van der Waals surface area (Å²) in [4.78, 5) is 67.5. The van der Waals surface area contributed by atoms with E-state index in [0.29, 0.717) is 32.1 Å². The summed E-state index contributed by atoms with van der Waals surface area (Å²) < 4.78 is 11.1. The molecule has 248 valence electrons. The van der Waals surface area contributed by atoms with Crippen LogP contribution in [-0.4, -0.2) is 73.5 Å². The van der Waals surface area contributed by atoms with E-state index >= 15 is 0 Å². The fourth-order valence-electron chi connectivity index (χ4n) is 5.76. The van der Waals surface area contributed by atoms with Crippen LogP contribution in [0.3, 0.4) is 0 Å². The van der Waals surface area contributed by atoms with E-state index in [1.165, 1.54) is 0 Å². The predicted molar refractivity (Wildman–Crippen MR) is 171 cm³/mol. The first-order chi connectivity index (χ1) is 22.0. The van der Waals surface area contributed by atoms with Crippen LogP contribution in [0, 0.1) is 5.92 Å². The lowest BCUT2D eigenvalue weighted by molar-refractivity contribution is -0.137. The number of hydrogen-bond donors (Lipinski definition) is 5. The molecule has 1 aliphatic carbocycles. The number of nitrogens with one attached hydrogen (secondary N) is 5. The summed E-state index contributed by atoms with van der Waals surface area (Å²) in [5.41, 5.74) is -0.0935. The summed E-state index contributed by atoms with van der Waals surface area (Å²) in [6.45, 7) is 5.74. The van der Waals surface area contributed by atoms with Crippen LogP contribution in [0.5, 0.6) is 11.5 Å². The van der Waals surface area contributed by atoms with Gasteiger partial charge in [0.05, 0.1) is 25.1 Å². The molecule has 1 fully saturated rings. The molecule has 46 heavy (non-hydrogen) atoms. The molecule has 5 amide bonds. The Hall–Kier alpha value is -4.61. The Bertz CT molecular complexity index is 1400. The van der Waals surface area contributed by atoms with Gasteiger partial charge in [-0.05, 0) is 61.9 Å². The predicted octanol–water partition coefficient (Wildman–Crippen LogP) is 2.01. The van der Waals surface area contributed by atoms with Crippen molar-refractivity contribution >= 4 is 29.5 Å². The first kappa shape index (κ1) is 34.3. The molecule has 2 aliphatic rings. The molecule has 1 saturated carbocycles. The zero-order valence-electron chi connectivity index (χ0n) is 26.9. The SMILES string of the molecule is COc1ccc(CCNC(=O)[C@@H]2CC(=O)NC3(CCCC3)C(=O)N[C@H](C(C)C)C(=O)N[C@@H](C)COc3ccccc3C(=O)N2)cc1. The van der Waals surface area contributed by atoms with Gasteiger partial charge in [0.25, 0.3) is 5.91 Å². The third-order valence-corrected chi connectivity index (χ3v) is 8.40. The second-order valence-corrected chi connectivity index (χ2v) is 12.4. The van der Waals surface area contributed by atoms with Crippen LogP contribution in [0.15, 0.2) is 48.5 Å². The van der Waals surface area contributed by atoms with Crippen molar-refractivity contribution in [1.29, 1.82) is 0 Å². The van der Waals surface area contributed by atoms with E-state index in [1.54, 1.807) is 38.3 Å². The van der Waals surface area contributed by atoms with Crippen LogP contribution < -0.4 is 36.1 Å². The number of benzene rings is 2. The number of fused-ring (bicyclic) bond motifs is 1. The standard InChI is InChI=1S/C34H45N5O7/c1-21(2)29-32(43)36-22(3)20-46-27-10-6-5-9-25(27)30(41)37-26(19-28(40)39-34(33(44)38-29)16-7-8-17-34)31(42)35-18-15-23-11-13-24(45-4)14-12-23/h5-6,9-14,21-22,26,29H,7-8,15-20H2,1-4H3,(H,35,42)(H,36,43)(H,37,41)(H,38,44)(H,39,40)/t22-,26-,29+/m0/s1. The van der Waals surface area contributed by atoms with Crippen LogP contribution in [-0.2, 0) is 25.6 Å². The number of rotatable bonds is 6. The average molecular weight is 636 g/mol. The van der Waals surface area contributed by atoms with E-state index in [2.05, 4.69) is 26.6 Å². The van der Waals surface area contributed by atoms with Gasteiger partial charge >= 0.3 is 0 Å². The maximum atomic E-state index is 13.7. The Morgan fingerprint density at radius 2 is 1.70 bits per heavy atom. The topological polar surface area (TPSA) is 164 Å². The molecular formula is C34H45N5O7. The number of para-hydroxylation sites is 1. The van der Waals surface area contributed by atoms with Gasteiger partial charge in [0.1, 0.15) is 35.7 Å². The maximum Gasteiger partial charge on any atom is 0.255 e. The number of amides is 5. The summed E-state index contributed by atoms with van der Waals surface area (Å²) in [6, 6.07) is 11.5. The van der Waals surface area contributed by atoms with E-state index in [-0.39, 0.29) is 36.3 Å². The van der Waals surface area contributed by atoms with Gasteiger partial charge in [0, 0.05) is 6.54 Å². The summed E-state index contributed by atoms with van der Waals surface area (Å²) >= 11 is 0. The first-order valence-corrected chi connectivity index (χ1v) is 15.9. The molecule has 2 aromatic carbocycles. The minimum atomic E-state index is -1.24. The van der Waals surface area contributed by atoms with Crippen LogP contribution >= 0.6 is 0 Å². The molecule has 0 bridgehead atoms. The Labute approximate surface area is 269 Å². The largest absolute Gasteiger partial charge is 0.497 e. The van der Waals surface area contributed by atoms with Crippen molar-refractivity contribution in [3.8, 4) is 11.5 Å². The minimum Gasteiger partial charge on any atom is -0.497 e. The van der Waals surface area contributed by atoms with E-state index in [0.717, 1.165) is 11.3 Å². The highest BCUT2D eigenvalue weighted by atomic mass is 16.5. The molecule has 0 aromatic heterocycles. The quantitative estimate of drug-likeness (QED) is 0.324. The smallest absolute Gasteiger partial charge is 0.255 e. The molecule has 1 heterocycles. The molecule has 3 atom stereocenters. The van der Waals surface area contributed by atoms with E-state index in [1.807, 2.05) is 38.1 Å². The molecular weight excluding hydrogens is 590 g/mol. The van der Waals surface area contributed by atoms with Crippen LogP contribution in [0.2, 0.25) is 0 Å². The van der Waals surface area contributed by atoms with Gasteiger partial charge < -0.3 is 36.1 Å². The van der Waals surface area contributed by atoms with E-state index in [9.17, 15) is 24.0 Å². The molecule has 2 aromatic rings. The van der Waals surface area contributed by atoms with Crippen LogP contribution in [0.25, 0.3) is 0 Å². The monoisotopic (exact) mass is 635 g/mol. The van der Waals surface area contributed by atoms with E-state index in [4.69, 9.17) is 9.47 Å². The highest BCUT2D eigenvalue weighted by molar-refractivity contribution is 6.01. The molecule has 4 rings (SSSR count). The number of ether oxygens (including phenoxy) is 2. The molecule has 0 unspecified atom stereocenters. The fourth-order valence-corrected chi connectivity index (χ4v) is 5.76. The Balaban J connectivity index is 1.60. The molecule has 1 spiro atoms. The molecule has 0 radical (unpaired) electrons. The third-order valence-electron chi connectivity index (χ3n) is 8.40. The highest BCUT2D eigenvalue weighted by Gasteiger charge is 2.44. The van der Waals surface area contributed by atoms with Gasteiger partial charge in [0.2, 0.25) is 23.6 Å². The minimum absolute atomic E-state index is 0.0497. The van der Waals surface area contributed by atoms with Gasteiger partial charge in [0.15, 0.2) is 0 Å². The number of hydrogen-bond acceptors (Lipinski definition) is 7. The van der Waals surface area contributed by atoms with Crippen molar-refractivity contribution < 1.29 is 33.4 Å². The molecule has 12 heteroatoms. The Kier molecular flexibility index (Phi) is 11.6. The van der Waals surface area contributed by atoms with Gasteiger partial charge in [-0.2, -0.15) is 0 Å². The Morgan fingerprint density at radius 1 is 1.00 bits per heavy atom. The molecule has 0 saturated heterocycles. The van der Waals surface area contributed by atoms with Gasteiger partial charge in [-0.1, -0.05) is 51.0 Å². The number of carbonyl (C=O) groups is 5. The summed E-state index contributed by atoms with van der Waals surface area (Å²) in [5, 5.41) is 14.2. The summed E-state index contributed by atoms with van der Waals surface area (Å²) in [5.74, 6) is -1.79. The van der Waals surface area contributed by atoms with Gasteiger partial charge in [-0.25, -0.2) is 0 Å². The van der Waals surface area contributed by atoms with Crippen molar-refractivity contribution in [3.05, 3.63) is 59.7 Å². The molecule has 5 N–H and O–H groups in total. The lowest BCUT2D eigenvalue weighted by atomic mass is 9.93. The van der Waals surface area contributed by atoms with Crippen molar-refractivity contribution in [3.63, 3.8) is 0 Å². The first-order valence-electron chi connectivity index (χ1n) is 15.9. The second-order valence-electron chi connectivity index (χ2n) is 12.4. The lowest BCUT2D eigenvalue weighted by Crippen LogP contribution is -2.62. The second kappa shape index (κ2) is 15.6. The van der Waals surface area contributed by atoms with Crippen molar-refractivity contribution in [2.45, 2.75) is 83.0 Å². The normalized spacial score (nSPS) is 22.4. The summed E-state index contributed by atoms with van der Waals surface area (Å²) in [7, 11) is 1.59. The highest BCUT2D eigenvalue weighted by Crippen LogP contribution is 2.31. The van der Waals surface area contributed by atoms with E-state index < -0.39 is 53.7 Å². The maximum absolute atomic E-state index is 13.7. The van der Waals surface area contributed by atoms with Crippen molar-refractivity contribution in [2.24, 2.45) is 5.92 Å². The molecule has 1 aliphatic heterocycles. The third kappa shape index (κ3) is 8.76. The van der Waals surface area contributed by atoms with Gasteiger partial charge in [-0.3, -0.25) is 24.0 Å². The summed E-state index contributed by atoms with van der Waals surface area (Å²) in [6.07, 6.45) is 2.32.